The number of primary amides is 1. The topological polar surface area (TPSA) is 111 Å². The second kappa shape index (κ2) is 7.56. The minimum atomic E-state index is -0.527. The molecule has 1 aromatic heterocycles. The van der Waals surface area contributed by atoms with Crippen molar-refractivity contribution in [2.24, 2.45) is 5.73 Å². The highest BCUT2D eigenvalue weighted by Gasteiger charge is 2.27. The van der Waals surface area contributed by atoms with E-state index in [9.17, 15) is 9.59 Å². The molecule has 7 nitrogen and oxygen atoms in total. The molecule has 1 aliphatic heterocycles. The van der Waals surface area contributed by atoms with Crippen molar-refractivity contribution in [3.05, 3.63) is 45.8 Å². The Morgan fingerprint density at radius 2 is 2.04 bits per heavy atom. The fourth-order valence-electron chi connectivity index (χ4n) is 2.97. The van der Waals surface area contributed by atoms with E-state index in [1.807, 2.05) is 6.07 Å². The number of benzene rings is 1. The molecule has 0 saturated carbocycles. The summed E-state index contributed by atoms with van der Waals surface area (Å²) in [5, 5.41) is 14.7. The number of nitriles is 1. The number of fused-ring (bicyclic) bond motifs is 1. The molecule has 0 bridgehead atoms. The smallest absolute Gasteiger partial charge is 0.324 e. The average Bonchev–Trinajstić information content (AvgIpc) is 2.99. The molecule has 0 radical (unpaired) electrons. The predicted molar refractivity (Wildman–Crippen MR) is 101 cm³/mol. The highest BCUT2D eigenvalue weighted by molar-refractivity contribution is 7.17. The van der Waals surface area contributed by atoms with Crippen LogP contribution in [0.2, 0.25) is 0 Å². The number of hydrogen-bond donors (Lipinski definition) is 3. The first kappa shape index (κ1) is 17.9. The van der Waals surface area contributed by atoms with Gasteiger partial charge in [-0.25, -0.2) is 4.79 Å². The summed E-state index contributed by atoms with van der Waals surface area (Å²) >= 11 is 1.40. The molecule has 0 spiro atoms. The Morgan fingerprint density at radius 1 is 1.31 bits per heavy atom. The standard InChI is InChI=1S/C18H19N5O2S/c1-2-23-8-7-13-14(10-23)26-17(15(13)16(20)24)22-18(25)21-12-5-3-11(9-19)4-6-12/h3-6H,2,7-8,10H2,1H3,(H2,20,24)(H2,21,22,25). The average molecular weight is 369 g/mol. The molecule has 8 heteroatoms. The van der Waals surface area contributed by atoms with Gasteiger partial charge >= 0.3 is 6.03 Å². The molecule has 1 aliphatic rings. The van der Waals surface area contributed by atoms with Crippen molar-refractivity contribution in [2.75, 3.05) is 23.7 Å². The number of nitrogens with two attached hydrogens (primary N) is 1. The number of anilines is 2. The molecule has 134 valence electrons. The number of nitrogens with zero attached hydrogens (tertiary/aromatic N) is 2. The molecule has 0 atom stereocenters. The van der Waals surface area contributed by atoms with Crippen molar-refractivity contribution in [3.63, 3.8) is 0 Å². The quantitative estimate of drug-likeness (QED) is 0.769. The van der Waals surface area contributed by atoms with E-state index in [0.717, 1.165) is 36.5 Å². The van der Waals surface area contributed by atoms with Crippen LogP contribution in [0.25, 0.3) is 0 Å². The fraction of sp³-hybridized carbons (Fsp3) is 0.278. The van der Waals surface area contributed by atoms with Crippen LogP contribution in [0.15, 0.2) is 24.3 Å². The Balaban J connectivity index is 1.78. The molecule has 0 saturated heterocycles. The van der Waals surface area contributed by atoms with Gasteiger partial charge in [0.25, 0.3) is 5.91 Å². The van der Waals surface area contributed by atoms with Crippen LogP contribution in [0.3, 0.4) is 0 Å². The number of carbonyl (C=O) groups excluding carboxylic acids is 2. The molecule has 0 aliphatic carbocycles. The van der Waals surface area contributed by atoms with Crippen molar-refractivity contribution in [2.45, 2.75) is 19.9 Å². The Kier molecular flexibility index (Phi) is 5.21. The summed E-state index contributed by atoms with van der Waals surface area (Å²) in [5.41, 5.74) is 7.99. The molecule has 0 fully saturated rings. The van der Waals surface area contributed by atoms with E-state index in [0.29, 0.717) is 21.8 Å². The van der Waals surface area contributed by atoms with E-state index in [1.54, 1.807) is 24.3 Å². The van der Waals surface area contributed by atoms with Gasteiger partial charge in [0.15, 0.2) is 0 Å². The molecule has 3 amide bonds. The number of rotatable bonds is 4. The first-order valence-electron chi connectivity index (χ1n) is 8.26. The number of urea groups is 1. The maximum atomic E-state index is 12.3. The Hall–Kier alpha value is -2.89. The van der Waals surface area contributed by atoms with E-state index >= 15 is 0 Å². The molecule has 0 unspecified atom stereocenters. The Labute approximate surface area is 155 Å². The van der Waals surface area contributed by atoms with Gasteiger partial charge in [-0.15, -0.1) is 11.3 Å². The summed E-state index contributed by atoms with van der Waals surface area (Å²) in [4.78, 5) is 27.6. The van der Waals surface area contributed by atoms with Gasteiger partial charge in [0.05, 0.1) is 17.2 Å². The molecule has 2 aromatic rings. The highest BCUT2D eigenvalue weighted by Crippen LogP contribution is 2.36. The van der Waals surface area contributed by atoms with Crippen molar-refractivity contribution in [3.8, 4) is 6.07 Å². The summed E-state index contributed by atoms with van der Waals surface area (Å²) in [6, 6.07) is 8.09. The normalized spacial score (nSPS) is 13.5. The lowest BCUT2D eigenvalue weighted by molar-refractivity contribution is 0.1000. The number of hydrogen-bond acceptors (Lipinski definition) is 5. The number of amides is 3. The van der Waals surface area contributed by atoms with Crippen LogP contribution in [-0.2, 0) is 13.0 Å². The van der Waals surface area contributed by atoms with Crippen LogP contribution in [0.5, 0.6) is 0 Å². The summed E-state index contributed by atoms with van der Waals surface area (Å²) in [6.45, 7) is 4.66. The maximum Gasteiger partial charge on any atom is 0.324 e. The predicted octanol–water partition coefficient (Wildman–Crippen LogP) is 2.74. The molecule has 1 aromatic carbocycles. The highest BCUT2D eigenvalue weighted by atomic mass is 32.1. The summed E-state index contributed by atoms with van der Waals surface area (Å²) < 4.78 is 0. The Morgan fingerprint density at radius 3 is 2.65 bits per heavy atom. The van der Waals surface area contributed by atoms with E-state index < -0.39 is 11.9 Å². The second-order valence-corrected chi connectivity index (χ2v) is 7.06. The van der Waals surface area contributed by atoms with Gasteiger partial charge in [-0.2, -0.15) is 5.26 Å². The molecule has 26 heavy (non-hydrogen) atoms. The Bertz CT molecular complexity index is 882. The number of carbonyl (C=O) groups is 2. The van der Waals surface area contributed by atoms with Crippen LogP contribution in [0.1, 0.15) is 33.3 Å². The van der Waals surface area contributed by atoms with Crippen LogP contribution in [-0.4, -0.2) is 29.9 Å². The van der Waals surface area contributed by atoms with Gasteiger partial charge in [-0.05, 0) is 42.8 Å². The molecular formula is C18H19N5O2S. The van der Waals surface area contributed by atoms with Crippen molar-refractivity contribution in [1.82, 2.24) is 4.90 Å². The van der Waals surface area contributed by atoms with Gasteiger partial charge in [0.1, 0.15) is 5.00 Å². The lowest BCUT2D eigenvalue weighted by Crippen LogP contribution is -2.30. The third-order valence-corrected chi connectivity index (χ3v) is 5.46. The molecule has 2 heterocycles. The lowest BCUT2D eigenvalue weighted by atomic mass is 10.0. The summed E-state index contributed by atoms with van der Waals surface area (Å²) in [6.07, 6.45) is 0.747. The zero-order valence-electron chi connectivity index (χ0n) is 14.3. The van der Waals surface area contributed by atoms with E-state index in [2.05, 4.69) is 22.5 Å². The number of likely N-dealkylation sites (N-methyl/N-ethyl adjacent to an activating group) is 1. The van der Waals surface area contributed by atoms with Gasteiger partial charge in [-0.1, -0.05) is 6.92 Å². The molecule has 4 N–H and O–H groups in total. The van der Waals surface area contributed by atoms with Crippen LogP contribution >= 0.6 is 11.3 Å². The van der Waals surface area contributed by atoms with Gasteiger partial charge < -0.3 is 11.1 Å². The van der Waals surface area contributed by atoms with Crippen LogP contribution < -0.4 is 16.4 Å². The van der Waals surface area contributed by atoms with Gasteiger partial charge in [-0.3, -0.25) is 15.0 Å². The molecule has 3 rings (SSSR count). The molecular weight excluding hydrogens is 350 g/mol. The monoisotopic (exact) mass is 369 g/mol. The second-order valence-electron chi connectivity index (χ2n) is 5.96. The third kappa shape index (κ3) is 3.69. The van der Waals surface area contributed by atoms with Crippen molar-refractivity contribution < 1.29 is 9.59 Å². The van der Waals surface area contributed by atoms with Gasteiger partial charge in [0.2, 0.25) is 0 Å². The first-order valence-corrected chi connectivity index (χ1v) is 9.08. The maximum absolute atomic E-state index is 12.3. The van der Waals surface area contributed by atoms with Crippen molar-refractivity contribution >= 4 is 34.0 Å². The largest absolute Gasteiger partial charge is 0.365 e. The SMILES string of the molecule is CCN1CCc2c(sc(NC(=O)Nc3ccc(C#N)cc3)c2C(N)=O)C1. The van der Waals surface area contributed by atoms with Crippen LogP contribution in [0.4, 0.5) is 15.5 Å². The van der Waals surface area contributed by atoms with Gasteiger partial charge in [0, 0.05) is 23.7 Å². The summed E-state index contributed by atoms with van der Waals surface area (Å²) in [7, 11) is 0. The zero-order chi connectivity index (χ0) is 18.7. The lowest BCUT2D eigenvalue weighted by Gasteiger charge is -2.25. The zero-order valence-corrected chi connectivity index (χ0v) is 15.2. The van der Waals surface area contributed by atoms with Crippen LogP contribution in [0, 0.1) is 11.3 Å². The minimum absolute atomic E-state index is 0.413. The number of nitrogens with one attached hydrogen (secondary N) is 2. The minimum Gasteiger partial charge on any atom is -0.365 e. The van der Waals surface area contributed by atoms with E-state index in [4.69, 9.17) is 11.0 Å². The third-order valence-electron chi connectivity index (χ3n) is 4.33. The number of thiophene rings is 1. The van der Waals surface area contributed by atoms with E-state index in [-0.39, 0.29) is 0 Å². The van der Waals surface area contributed by atoms with E-state index in [1.165, 1.54) is 11.3 Å². The summed E-state index contributed by atoms with van der Waals surface area (Å²) in [5.74, 6) is -0.527. The first-order chi connectivity index (χ1) is 12.5. The fourth-order valence-corrected chi connectivity index (χ4v) is 4.26. The van der Waals surface area contributed by atoms with Crippen molar-refractivity contribution in [1.29, 1.82) is 5.26 Å².